The molecule has 0 bridgehead atoms. The molecule has 0 unspecified atom stereocenters. The Hall–Kier alpha value is -3.06. The minimum absolute atomic E-state index is 0.0780. The number of rotatable bonds is 9. The molecule has 4 N–H and O–H groups in total. The molecule has 2 fully saturated rings. The number of carbonyl (C=O) groups excluding carboxylic acids is 2. The fourth-order valence-electron chi connectivity index (χ4n) is 5.30. The predicted octanol–water partition coefficient (Wildman–Crippen LogP) is 5.43. The Morgan fingerprint density at radius 3 is 2.14 bits per heavy atom. The molecule has 0 radical (unpaired) electrons. The summed E-state index contributed by atoms with van der Waals surface area (Å²) in [6.45, 7) is 2.05. The summed E-state index contributed by atoms with van der Waals surface area (Å²) in [5, 5.41) is 12.6. The normalized spacial score (nSPS) is 19.0. The van der Waals surface area contributed by atoms with Crippen molar-refractivity contribution in [3.05, 3.63) is 60.7 Å². The fourth-order valence-corrected chi connectivity index (χ4v) is 5.30. The van der Waals surface area contributed by atoms with Crippen LogP contribution in [0.1, 0.15) is 51.4 Å². The van der Waals surface area contributed by atoms with Gasteiger partial charge in [-0.2, -0.15) is 0 Å². The summed E-state index contributed by atoms with van der Waals surface area (Å²) in [4.78, 5) is 28.2. The number of benzene rings is 2. The van der Waals surface area contributed by atoms with E-state index in [-0.39, 0.29) is 24.1 Å². The van der Waals surface area contributed by atoms with Gasteiger partial charge in [-0.25, -0.2) is 9.59 Å². The van der Waals surface area contributed by atoms with Gasteiger partial charge >= 0.3 is 12.1 Å². The van der Waals surface area contributed by atoms with E-state index in [9.17, 15) is 9.59 Å². The number of amides is 4. The lowest BCUT2D eigenvalue weighted by Crippen LogP contribution is -2.53. The van der Waals surface area contributed by atoms with Crippen molar-refractivity contribution in [1.29, 1.82) is 0 Å². The molecule has 4 rings (SSSR count). The maximum absolute atomic E-state index is 13.6. The molecule has 0 aromatic heterocycles. The molecule has 2 aliphatic rings. The molecule has 1 aliphatic heterocycles. The smallest absolute Gasteiger partial charge is 0.322 e. The summed E-state index contributed by atoms with van der Waals surface area (Å²) in [6.07, 6.45) is 9.28. The molecule has 0 spiro atoms. The third kappa shape index (κ3) is 7.99. The van der Waals surface area contributed by atoms with E-state index in [0.717, 1.165) is 37.2 Å². The first-order valence-corrected chi connectivity index (χ1v) is 13.1. The highest BCUT2D eigenvalue weighted by Gasteiger charge is 2.30. The van der Waals surface area contributed by atoms with Gasteiger partial charge in [0.2, 0.25) is 0 Å². The average molecular weight is 478 g/mol. The number of carbonyl (C=O) groups is 2. The SMILES string of the molecule is O=C(NC[C@@H](CC1CCCCC1)N(C[C@@H]1CCCN1)C(=O)Nc1ccccc1)Nc1ccccc1. The molecule has 7 heteroatoms. The zero-order chi connectivity index (χ0) is 24.3. The number of nitrogens with one attached hydrogen (secondary N) is 4. The Morgan fingerprint density at radius 1 is 0.857 bits per heavy atom. The van der Waals surface area contributed by atoms with Crippen LogP contribution in [0.3, 0.4) is 0 Å². The van der Waals surface area contributed by atoms with Gasteiger partial charge in [-0.05, 0) is 56.0 Å². The van der Waals surface area contributed by atoms with Gasteiger partial charge in [0.25, 0.3) is 0 Å². The summed E-state index contributed by atoms with van der Waals surface area (Å²) in [6, 6.07) is 18.9. The van der Waals surface area contributed by atoms with E-state index in [2.05, 4.69) is 21.3 Å². The predicted molar refractivity (Wildman–Crippen MR) is 142 cm³/mol. The van der Waals surface area contributed by atoms with Crippen LogP contribution in [0, 0.1) is 5.92 Å². The minimum atomic E-state index is -0.243. The van der Waals surface area contributed by atoms with E-state index in [4.69, 9.17) is 0 Å². The Balaban J connectivity index is 1.48. The lowest BCUT2D eigenvalue weighted by Gasteiger charge is -2.37. The van der Waals surface area contributed by atoms with E-state index < -0.39 is 0 Å². The van der Waals surface area contributed by atoms with Crippen molar-refractivity contribution in [1.82, 2.24) is 15.5 Å². The number of para-hydroxylation sites is 2. The summed E-state index contributed by atoms with van der Waals surface area (Å²) in [5.74, 6) is 0.580. The highest BCUT2D eigenvalue weighted by atomic mass is 16.2. The molecular formula is C28H39N5O2. The van der Waals surface area contributed by atoms with Crippen LogP contribution >= 0.6 is 0 Å². The zero-order valence-corrected chi connectivity index (χ0v) is 20.5. The highest BCUT2D eigenvalue weighted by molar-refractivity contribution is 5.90. The first kappa shape index (κ1) is 25.0. The zero-order valence-electron chi connectivity index (χ0n) is 20.5. The molecule has 2 aromatic rings. The van der Waals surface area contributed by atoms with E-state index in [1.54, 1.807) is 0 Å². The average Bonchev–Trinajstić information content (AvgIpc) is 3.40. The molecule has 35 heavy (non-hydrogen) atoms. The minimum Gasteiger partial charge on any atom is -0.336 e. The monoisotopic (exact) mass is 477 g/mol. The molecule has 2 atom stereocenters. The first-order valence-electron chi connectivity index (χ1n) is 13.1. The van der Waals surface area contributed by atoms with Crippen LogP contribution in [0.15, 0.2) is 60.7 Å². The number of anilines is 2. The van der Waals surface area contributed by atoms with Gasteiger partial charge in [-0.1, -0.05) is 68.5 Å². The maximum Gasteiger partial charge on any atom is 0.322 e. The molecule has 1 aliphatic carbocycles. The van der Waals surface area contributed by atoms with Crippen molar-refractivity contribution in [3.8, 4) is 0 Å². The van der Waals surface area contributed by atoms with Gasteiger partial charge in [0.1, 0.15) is 0 Å². The number of hydrogen-bond donors (Lipinski definition) is 4. The summed E-state index contributed by atoms with van der Waals surface area (Å²) in [5.41, 5.74) is 1.54. The largest absolute Gasteiger partial charge is 0.336 e. The van der Waals surface area contributed by atoms with Crippen molar-refractivity contribution in [3.63, 3.8) is 0 Å². The van der Waals surface area contributed by atoms with E-state index in [1.807, 2.05) is 65.6 Å². The van der Waals surface area contributed by atoms with Crippen LogP contribution in [0.2, 0.25) is 0 Å². The lowest BCUT2D eigenvalue weighted by molar-refractivity contribution is 0.157. The van der Waals surface area contributed by atoms with Crippen molar-refractivity contribution >= 4 is 23.4 Å². The lowest BCUT2D eigenvalue weighted by atomic mass is 9.84. The molecule has 2 aromatic carbocycles. The van der Waals surface area contributed by atoms with Crippen LogP contribution in [0.5, 0.6) is 0 Å². The highest BCUT2D eigenvalue weighted by Crippen LogP contribution is 2.29. The Kier molecular flexibility index (Phi) is 9.40. The number of urea groups is 2. The van der Waals surface area contributed by atoms with Gasteiger partial charge < -0.3 is 26.2 Å². The van der Waals surface area contributed by atoms with Crippen molar-refractivity contribution < 1.29 is 9.59 Å². The Morgan fingerprint density at radius 2 is 1.51 bits per heavy atom. The van der Waals surface area contributed by atoms with E-state index in [0.29, 0.717) is 19.0 Å². The van der Waals surface area contributed by atoms with Gasteiger partial charge in [-0.3, -0.25) is 0 Å². The molecule has 1 saturated carbocycles. The second-order valence-corrected chi connectivity index (χ2v) is 9.84. The summed E-state index contributed by atoms with van der Waals surface area (Å²) in [7, 11) is 0. The van der Waals surface area contributed by atoms with Crippen LogP contribution in [-0.4, -0.2) is 48.7 Å². The van der Waals surface area contributed by atoms with Crippen LogP contribution in [0.4, 0.5) is 21.0 Å². The summed E-state index contributed by atoms with van der Waals surface area (Å²) < 4.78 is 0. The second kappa shape index (κ2) is 13.1. The fraction of sp³-hybridized carbons (Fsp3) is 0.500. The molecule has 4 amide bonds. The van der Waals surface area contributed by atoms with Gasteiger partial charge in [0.15, 0.2) is 0 Å². The summed E-state index contributed by atoms with van der Waals surface area (Å²) >= 11 is 0. The van der Waals surface area contributed by atoms with Crippen molar-refractivity contribution in [2.75, 3.05) is 30.3 Å². The number of nitrogens with zero attached hydrogens (tertiary/aromatic N) is 1. The van der Waals surface area contributed by atoms with E-state index in [1.165, 1.54) is 32.1 Å². The molecule has 1 saturated heterocycles. The van der Waals surface area contributed by atoms with Crippen LogP contribution in [-0.2, 0) is 0 Å². The van der Waals surface area contributed by atoms with Crippen LogP contribution in [0.25, 0.3) is 0 Å². The van der Waals surface area contributed by atoms with Gasteiger partial charge in [0, 0.05) is 30.5 Å². The third-order valence-corrected chi connectivity index (χ3v) is 7.17. The molecule has 188 valence electrons. The molecule has 7 nitrogen and oxygen atoms in total. The first-order chi connectivity index (χ1) is 17.2. The van der Waals surface area contributed by atoms with Crippen LogP contribution < -0.4 is 21.3 Å². The maximum atomic E-state index is 13.6. The van der Waals surface area contributed by atoms with Gasteiger partial charge in [0.05, 0.1) is 6.04 Å². The second-order valence-electron chi connectivity index (χ2n) is 9.84. The standard InChI is InChI=1S/C28H39N5O2/c34-27(31-23-13-6-2-7-14-23)30-20-26(19-22-11-4-1-5-12-22)33(21-25-17-10-18-29-25)28(35)32-24-15-8-3-9-16-24/h2-3,6-9,13-16,22,25-26,29H,1,4-5,10-12,17-21H2,(H,32,35)(H2,30,31,34)/t25-,26+/m0/s1. The van der Waals surface area contributed by atoms with E-state index >= 15 is 0 Å². The molecule has 1 heterocycles. The topological polar surface area (TPSA) is 85.5 Å². The Bertz CT molecular complexity index is 911. The van der Waals surface area contributed by atoms with Gasteiger partial charge in [-0.15, -0.1) is 0 Å². The van der Waals surface area contributed by atoms with Crippen molar-refractivity contribution in [2.45, 2.75) is 63.5 Å². The Labute approximate surface area is 209 Å². The molecular weight excluding hydrogens is 438 g/mol. The van der Waals surface area contributed by atoms with Crippen molar-refractivity contribution in [2.24, 2.45) is 5.92 Å². The number of hydrogen-bond acceptors (Lipinski definition) is 3. The third-order valence-electron chi connectivity index (χ3n) is 7.17. The quantitative estimate of drug-likeness (QED) is 0.388.